The molecule has 1 aromatic rings. The topological polar surface area (TPSA) is 36.4 Å². The summed E-state index contributed by atoms with van der Waals surface area (Å²) in [7, 11) is 0. The number of rotatable bonds is 2. The summed E-state index contributed by atoms with van der Waals surface area (Å²) in [6.45, 7) is 4.80. The SMILES string of the molecule is CC(=O)N1CCCCC1c1ccc(N2CCCCCC2)nc1. The van der Waals surface area contributed by atoms with Crippen LogP contribution in [0.1, 0.15) is 63.5 Å². The van der Waals surface area contributed by atoms with Crippen LogP contribution in [0.25, 0.3) is 0 Å². The predicted octanol–water partition coefficient (Wildman–Crippen LogP) is 3.54. The van der Waals surface area contributed by atoms with Gasteiger partial charge in [-0.3, -0.25) is 4.79 Å². The molecule has 0 aromatic carbocycles. The Bertz CT molecular complexity index is 492. The van der Waals surface area contributed by atoms with Crippen LogP contribution in [0.5, 0.6) is 0 Å². The molecule has 1 amide bonds. The van der Waals surface area contributed by atoms with Crippen LogP contribution in [0.2, 0.25) is 0 Å². The Kier molecular flexibility index (Phi) is 4.96. The molecule has 2 fully saturated rings. The molecule has 120 valence electrons. The fourth-order valence-corrected chi connectivity index (χ4v) is 3.74. The molecule has 0 spiro atoms. The summed E-state index contributed by atoms with van der Waals surface area (Å²) in [4.78, 5) is 20.9. The molecule has 3 heterocycles. The van der Waals surface area contributed by atoms with Crippen LogP contribution in [-0.2, 0) is 4.79 Å². The van der Waals surface area contributed by atoms with Gasteiger partial charge in [0.1, 0.15) is 5.82 Å². The van der Waals surface area contributed by atoms with E-state index in [4.69, 9.17) is 4.98 Å². The number of amides is 1. The second kappa shape index (κ2) is 7.12. The zero-order chi connectivity index (χ0) is 15.4. The number of piperidine rings is 1. The lowest BCUT2D eigenvalue weighted by Crippen LogP contribution is -2.37. The number of carbonyl (C=O) groups excluding carboxylic acids is 1. The number of aromatic nitrogens is 1. The molecule has 2 aliphatic rings. The first-order valence-corrected chi connectivity index (χ1v) is 8.74. The van der Waals surface area contributed by atoms with Gasteiger partial charge in [0.25, 0.3) is 0 Å². The van der Waals surface area contributed by atoms with E-state index in [0.717, 1.165) is 38.3 Å². The maximum absolute atomic E-state index is 11.8. The standard InChI is InChI=1S/C18H27N3O/c1-15(22)21-13-7-4-8-17(21)16-9-10-18(19-14-16)20-11-5-2-3-6-12-20/h9-10,14,17H,2-8,11-13H2,1H3. The molecule has 0 aliphatic carbocycles. The van der Waals surface area contributed by atoms with Gasteiger partial charge in [-0.2, -0.15) is 0 Å². The van der Waals surface area contributed by atoms with E-state index < -0.39 is 0 Å². The highest BCUT2D eigenvalue weighted by Crippen LogP contribution is 2.31. The summed E-state index contributed by atoms with van der Waals surface area (Å²) >= 11 is 0. The van der Waals surface area contributed by atoms with Crippen molar-refractivity contribution in [3.63, 3.8) is 0 Å². The zero-order valence-corrected chi connectivity index (χ0v) is 13.6. The number of likely N-dealkylation sites (tertiary alicyclic amines) is 1. The van der Waals surface area contributed by atoms with Gasteiger partial charge in [-0.1, -0.05) is 18.9 Å². The van der Waals surface area contributed by atoms with Gasteiger partial charge in [0.2, 0.25) is 5.91 Å². The van der Waals surface area contributed by atoms with Gasteiger partial charge in [-0.25, -0.2) is 4.98 Å². The Morgan fingerprint density at radius 2 is 1.77 bits per heavy atom. The number of carbonyl (C=O) groups is 1. The summed E-state index contributed by atoms with van der Waals surface area (Å²) in [6, 6.07) is 4.55. The van der Waals surface area contributed by atoms with Crippen molar-refractivity contribution in [3.8, 4) is 0 Å². The normalized spacial score (nSPS) is 23.2. The molecule has 0 N–H and O–H groups in total. The third kappa shape index (κ3) is 3.42. The van der Waals surface area contributed by atoms with Crippen LogP contribution in [-0.4, -0.2) is 35.4 Å². The zero-order valence-electron chi connectivity index (χ0n) is 13.6. The van der Waals surface area contributed by atoms with Crippen molar-refractivity contribution in [3.05, 3.63) is 23.9 Å². The molecule has 4 nitrogen and oxygen atoms in total. The van der Waals surface area contributed by atoms with E-state index in [9.17, 15) is 4.79 Å². The van der Waals surface area contributed by atoms with Gasteiger partial charge in [0, 0.05) is 32.8 Å². The number of pyridine rings is 1. The molecule has 0 saturated carbocycles. The van der Waals surface area contributed by atoms with Crippen LogP contribution in [0, 0.1) is 0 Å². The maximum atomic E-state index is 11.8. The van der Waals surface area contributed by atoms with E-state index in [1.807, 2.05) is 11.1 Å². The highest BCUT2D eigenvalue weighted by Gasteiger charge is 2.26. The van der Waals surface area contributed by atoms with Gasteiger partial charge >= 0.3 is 0 Å². The second-order valence-electron chi connectivity index (χ2n) is 6.57. The highest BCUT2D eigenvalue weighted by molar-refractivity contribution is 5.74. The summed E-state index contributed by atoms with van der Waals surface area (Å²) in [5, 5.41) is 0. The highest BCUT2D eigenvalue weighted by atomic mass is 16.2. The summed E-state index contributed by atoms with van der Waals surface area (Å²) < 4.78 is 0. The lowest BCUT2D eigenvalue weighted by atomic mass is 9.96. The molecule has 1 unspecified atom stereocenters. The molecule has 0 radical (unpaired) electrons. The largest absolute Gasteiger partial charge is 0.357 e. The third-order valence-electron chi connectivity index (χ3n) is 4.99. The Balaban J connectivity index is 1.73. The monoisotopic (exact) mass is 301 g/mol. The van der Waals surface area contributed by atoms with Gasteiger partial charge in [0.15, 0.2) is 0 Å². The van der Waals surface area contributed by atoms with Gasteiger partial charge in [-0.05, 0) is 43.7 Å². The van der Waals surface area contributed by atoms with Crippen molar-refractivity contribution < 1.29 is 4.79 Å². The van der Waals surface area contributed by atoms with Gasteiger partial charge in [-0.15, -0.1) is 0 Å². The van der Waals surface area contributed by atoms with E-state index in [1.165, 1.54) is 37.7 Å². The van der Waals surface area contributed by atoms with Gasteiger partial charge in [0.05, 0.1) is 6.04 Å². The third-order valence-corrected chi connectivity index (χ3v) is 4.99. The van der Waals surface area contributed by atoms with E-state index in [2.05, 4.69) is 17.0 Å². The van der Waals surface area contributed by atoms with Crippen LogP contribution < -0.4 is 4.90 Å². The second-order valence-corrected chi connectivity index (χ2v) is 6.57. The van der Waals surface area contributed by atoms with E-state index in [-0.39, 0.29) is 11.9 Å². The van der Waals surface area contributed by atoms with E-state index in [0.29, 0.717) is 0 Å². The van der Waals surface area contributed by atoms with Crippen molar-refractivity contribution in [2.24, 2.45) is 0 Å². The summed E-state index contributed by atoms with van der Waals surface area (Å²) in [6.07, 6.45) is 10.6. The smallest absolute Gasteiger partial charge is 0.219 e. The van der Waals surface area contributed by atoms with Crippen LogP contribution in [0.4, 0.5) is 5.82 Å². The molecule has 0 bridgehead atoms. The number of hydrogen-bond acceptors (Lipinski definition) is 3. The molecular weight excluding hydrogens is 274 g/mol. The first kappa shape index (κ1) is 15.3. The molecule has 1 aromatic heterocycles. The first-order chi connectivity index (χ1) is 10.8. The number of anilines is 1. The Morgan fingerprint density at radius 1 is 1.05 bits per heavy atom. The van der Waals surface area contributed by atoms with Crippen molar-refractivity contribution in [1.82, 2.24) is 9.88 Å². The Morgan fingerprint density at radius 3 is 2.41 bits per heavy atom. The summed E-state index contributed by atoms with van der Waals surface area (Å²) in [5.74, 6) is 1.28. The van der Waals surface area contributed by atoms with Crippen LogP contribution in [0.15, 0.2) is 18.3 Å². The van der Waals surface area contributed by atoms with Gasteiger partial charge < -0.3 is 9.80 Å². The quantitative estimate of drug-likeness (QED) is 0.838. The minimum Gasteiger partial charge on any atom is -0.357 e. The fraction of sp³-hybridized carbons (Fsp3) is 0.667. The Hall–Kier alpha value is -1.58. The minimum absolute atomic E-state index is 0.182. The molecule has 4 heteroatoms. The average molecular weight is 301 g/mol. The summed E-state index contributed by atoms with van der Waals surface area (Å²) in [5.41, 5.74) is 1.19. The van der Waals surface area contributed by atoms with E-state index >= 15 is 0 Å². The Labute approximate surface area is 133 Å². The van der Waals surface area contributed by atoms with E-state index in [1.54, 1.807) is 6.92 Å². The van der Waals surface area contributed by atoms with Crippen LogP contribution >= 0.6 is 0 Å². The van der Waals surface area contributed by atoms with Crippen LogP contribution in [0.3, 0.4) is 0 Å². The lowest BCUT2D eigenvalue weighted by Gasteiger charge is -2.35. The number of nitrogens with zero attached hydrogens (tertiary/aromatic N) is 3. The molecule has 22 heavy (non-hydrogen) atoms. The van der Waals surface area contributed by atoms with Crippen molar-refractivity contribution >= 4 is 11.7 Å². The molecule has 1 atom stereocenters. The maximum Gasteiger partial charge on any atom is 0.219 e. The molecule has 3 rings (SSSR count). The molecule has 2 aliphatic heterocycles. The molecule has 2 saturated heterocycles. The fourth-order valence-electron chi connectivity index (χ4n) is 3.74. The average Bonchev–Trinajstić information content (AvgIpc) is 2.84. The number of hydrogen-bond donors (Lipinski definition) is 0. The minimum atomic E-state index is 0.182. The van der Waals surface area contributed by atoms with Crippen molar-refractivity contribution in [2.45, 2.75) is 57.9 Å². The first-order valence-electron chi connectivity index (χ1n) is 8.74. The van der Waals surface area contributed by atoms with Crippen molar-refractivity contribution in [2.75, 3.05) is 24.5 Å². The lowest BCUT2D eigenvalue weighted by molar-refractivity contribution is -0.132. The predicted molar refractivity (Wildman–Crippen MR) is 88.9 cm³/mol. The molecular formula is C18H27N3O. The van der Waals surface area contributed by atoms with Crippen molar-refractivity contribution in [1.29, 1.82) is 0 Å².